The number of aliphatic hydroxyl groups is 1. The van der Waals surface area contributed by atoms with Crippen LogP contribution in [-0.4, -0.2) is 14.9 Å². The normalized spacial score (nSPS) is 10.1. The van der Waals surface area contributed by atoms with Crippen molar-refractivity contribution in [3.8, 4) is 0 Å². The maximum Gasteiger partial charge on any atom is 0.269 e. The zero-order valence-corrected chi connectivity index (χ0v) is 6.67. The van der Waals surface area contributed by atoms with E-state index in [1.165, 1.54) is 6.07 Å². The van der Waals surface area contributed by atoms with Gasteiger partial charge >= 0.3 is 0 Å². The first-order valence-corrected chi connectivity index (χ1v) is 3.38. The van der Waals surface area contributed by atoms with Crippen LogP contribution in [0.25, 0.3) is 0 Å². The third-order valence-electron chi connectivity index (χ3n) is 1.26. The van der Waals surface area contributed by atoms with Crippen molar-refractivity contribution in [1.29, 1.82) is 0 Å². The average molecular weight is 175 g/mol. The third kappa shape index (κ3) is 1.58. The van der Waals surface area contributed by atoms with Gasteiger partial charge in [-0.2, -0.15) is 5.10 Å². The van der Waals surface area contributed by atoms with Crippen molar-refractivity contribution in [2.24, 2.45) is 0 Å². The lowest BCUT2D eigenvalue weighted by molar-refractivity contribution is 0.188. The van der Waals surface area contributed by atoms with Crippen LogP contribution in [0.5, 0.6) is 0 Å². The van der Waals surface area contributed by atoms with Crippen molar-refractivity contribution in [3.05, 3.63) is 27.1 Å². The Hall–Kier alpha value is -0.870. The molecule has 60 valence electrons. The summed E-state index contributed by atoms with van der Waals surface area (Å²) in [5, 5.41) is 12.4. The molecule has 0 aromatic carbocycles. The Bertz CT molecular complexity index is 321. The molecule has 1 N–H and O–H groups in total. The lowest BCUT2D eigenvalue weighted by Crippen LogP contribution is -2.22. The number of rotatable bonds is 1. The Balaban J connectivity index is 3.32. The smallest absolute Gasteiger partial charge is 0.269 e. The highest BCUT2D eigenvalue weighted by molar-refractivity contribution is 6.30. The van der Waals surface area contributed by atoms with Gasteiger partial charge in [-0.25, -0.2) is 4.68 Å². The summed E-state index contributed by atoms with van der Waals surface area (Å²) < 4.78 is 0.884. The number of hydrogen-bond acceptors (Lipinski definition) is 3. The fourth-order valence-corrected chi connectivity index (χ4v) is 0.801. The van der Waals surface area contributed by atoms with Gasteiger partial charge in [0.1, 0.15) is 6.73 Å². The van der Waals surface area contributed by atoms with E-state index in [4.69, 9.17) is 16.7 Å². The molecule has 0 aliphatic heterocycles. The fourth-order valence-electron chi connectivity index (χ4n) is 0.655. The highest BCUT2D eigenvalue weighted by atomic mass is 35.5. The number of aromatic nitrogens is 2. The van der Waals surface area contributed by atoms with Gasteiger partial charge in [0, 0.05) is 6.07 Å². The summed E-state index contributed by atoms with van der Waals surface area (Å²) >= 11 is 5.58. The van der Waals surface area contributed by atoms with Crippen LogP contribution in [0.4, 0.5) is 0 Å². The van der Waals surface area contributed by atoms with E-state index in [1.54, 1.807) is 6.92 Å². The first kappa shape index (κ1) is 8.23. The highest BCUT2D eigenvalue weighted by Gasteiger charge is 2.00. The van der Waals surface area contributed by atoms with Crippen LogP contribution in [-0.2, 0) is 6.73 Å². The Labute approximate surface area is 68.0 Å². The molecule has 0 spiro atoms. The van der Waals surface area contributed by atoms with Gasteiger partial charge in [0.25, 0.3) is 5.56 Å². The molecule has 1 rings (SSSR count). The molecular formula is C6H7ClN2O2. The Morgan fingerprint density at radius 3 is 3.00 bits per heavy atom. The van der Waals surface area contributed by atoms with E-state index < -0.39 is 6.73 Å². The van der Waals surface area contributed by atoms with Gasteiger partial charge in [-0.15, -0.1) is 0 Å². The van der Waals surface area contributed by atoms with Crippen LogP contribution in [0.2, 0.25) is 5.15 Å². The maximum absolute atomic E-state index is 10.9. The minimum Gasteiger partial charge on any atom is -0.374 e. The van der Waals surface area contributed by atoms with Gasteiger partial charge in [-0.05, 0) is 12.5 Å². The molecule has 0 aliphatic carbocycles. The minimum absolute atomic E-state index is 0.235. The average Bonchev–Trinajstić information content (AvgIpc) is 1.97. The summed E-state index contributed by atoms with van der Waals surface area (Å²) in [5.41, 5.74) is 0.260. The summed E-state index contributed by atoms with van der Waals surface area (Å²) in [5.74, 6) is 0. The van der Waals surface area contributed by atoms with Crippen LogP contribution in [0.3, 0.4) is 0 Å². The SMILES string of the molecule is Cc1cc(=O)n(CO)nc1Cl. The molecule has 1 heterocycles. The first-order chi connectivity index (χ1) is 5.15. The van der Waals surface area contributed by atoms with Crippen LogP contribution in [0.15, 0.2) is 10.9 Å². The highest BCUT2D eigenvalue weighted by Crippen LogP contribution is 2.06. The van der Waals surface area contributed by atoms with Gasteiger partial charge in [0.2, 0.25) is 0 Å². The van der Waals surface area contributed by atoms with E-state index in [9.17, 15) is 4.79 Å². The van der Waals surface area contributed by atoms with E-state index in [0.717, 1.165) is 4.68 Å². The molecule has 0 fully saturated rings. The van der Waals surface area contributed by atoms with Gasteiger partial charge in [0.05, 0.1) is 0 Å². The molecule has 0 amide bonds. The molecule has 1 aromatic rings. The molecule has 0 aliphatic rings. The maximum atomic E-state index is 10.9. The minimum atomic E-state index is -0.446. The molecule has 4 nitrogen and oxygen atoms in total. The number of nitrogens with zero attached hydrogens (tertiary/aromatic N) is 2. The zero-order valence-electron chi connectivity index (χ0n) is 5.91. The van der Waals surface area contributed by atoms with E-state index in [2.05, 4.69) is 5.10 Å². The van der Waals surface area contributed by atoms with Crippen molar-refractivity contribution < 1.29 is 5.11 Å². The monoisotopic (exact) mass is 174 g/mol. The molecule has 0 unspecified atom stereocenters. The van der Waals surface area contributed by atoms with Crippen molar-refractivity contribution in [2.45, 2.75) is 13.7 Å². The van der Waals surface area contributed by atoms with Gasteiger partial charge < -0.3 is 5.11 Å². The topological polar surface area (TPSA) is 55.1 Å². The second-order valence-electron chi connectivity index (χ2n) is 2.10. The van der Waals surface area contributed by atoms with Crippen molar-refractivity contribution in [1.82, 2.24) is 9.78 Å². The zero-order chi connectivity index (χ0) is 8.43. The van der Waals surface area contributed by atoms with Crippen LogP contribution < -0.4 is 5.56 Å². The van der Waals surface area contributed by atoms with E-state index in [1.807, 2.05) is 0 Å². The number of halogens is 1. The number of aryl methyl sites for hydroxylation is 1. The molecule has 11 heavy (non-hydrogen) atoms. The predicted molar refractivity (Wildman–Crippen MR) is 40.5 cm³/mol. The summed E-state index contributed by atoms with van der Waals surface area (Å²) in [6.45, 7) is 1.23. The molecule has 5 heteroatoms. The Kier molecular flexibility index (Phi) is 2.26. The van der Waals surface area contributed by atoms with Crippen LogP contribution in [0.1, 0.15) is 5.56 Å². The molecule has 0 saturated carbocycles. The fraction of sp³-hybridized carbons (Fsp3) is 0.333. The molecule has 0 bridgehead atoms. The van der Waals surface area contributed by atoms with Gasteiger partial charge in [-0.1, -0.05) is 11.6 Å². The van der Waals surface area contributed by atoms with Gasteiger partial charge in [0.15, 0.2) is 5.15 Å². The molecular weight excluding hydrogens is 168 g/mol. The summed E-state index contributed by atoms with van der Waals surface area (Å²) in [6, 6.07) is 1.32. The van der Waals surface area contributed by atoms with Crippen LogP contribution >= 0.6 is 11.6 Å². The van der Waals surface area contributed by atoms with E-state index in [-0.39, 0.29) is 10.7 Å². The van der Waals surface area contributed by atoms with E-state index in [0.29, 0.717) is 5.56 Å². The summed E-state index contributed by atoms with van der Waals surface area (Å²) in [7, 11) is 0. The largest absolute Gasteiger partial charge is 0.374 e. The quantitative estimate of drug-likeness (QED) is 0.660. The van der Waals surface area contributed by atoms with Crippen molar-refractivity contribution in [3.63, 3.8) is 0 Å². The van der Waals surface area contributed by atoms with Crippen molar-refractivity contribution >= 4 is 11.6 Å². The molecule has 0 saturated heterocycles. The summed E-state index contributed by atoms with van der Waals surface area (Å²) in [6.07, 6.45) is 0. The van der Waals surface area contributed by atoms with Crippen molar-refractivity contribution in [2.75, 3.05) is 0 Å². The Morgan fingerprint density at radius 2 is 2.45 bits per heavy atom. The lowest BCUT2D eigenvalue weighted by Gasteiger charge is -2.00. The van der Waals surface area contributed by atoms with Crippen LogP contribution in [0, 0.1) is 6.92 Å². The summed E-state index contributed by atoms with van der Waals surface area (Å²) in [4.78, 5) is 10.9. The second-order valence-corrected chi connectivity index (χ2v) is 2.46. The lowest BCUT2D eigenvalue weighted by atomic mass is 10.3. The first-order valence-electron chi connectivity index (χ1n) is 3.00. The second kappa shape index (κ2) is 3.02. The molecule has 0 atom stereocenters. The number of aliphatic hydroxyl groups excluding tert-OH is 1. The molecule has 0 radical (unpaired) electrons. The number of hydrogen-bond donors (Lipinski definition) is 1. The van der Waals surface area contributed by atoms with Gasteiger partial charge in [-0.3, -0.25) is 4.79 Å². The Morgan fingerprint density at radius 1 is 1.82 bits per heavy atom. The molecule has 1 aromatic heterocycles. The standard InChI is InChI=1S/C6H7ClN2O2/c1-4-2-5(11)9(3-10)8-6(4)7/h2,10H,3H2,1H3. The van der Waals surface area contributed by atoms with E-state index >= 15 is 0 Å². The third-order valence-corrected chi connectivity index (χ3v) is 1.64. The predicted octanol–water partition coefficient (Wildman–Crippen LogP) is 0.155.